The largest absolute Gasteiger partial charge is 0.393 e. The Morgan fingerprint density at radius 3 is 2.74 bits per heavy atom. The van der Waals surface area contributed by atoms with Gasteiger partial charge in [-0.25, -0.2) is 0 Å². The van der Waals surface area contributed by atoms with Crippen LogP contribution in [-0.2, 0) is 11.2 Å². The number of aliphatic hydroxyl groups is 1. The highest BCUT2D eigenvalue weighted by molar-refractivity contribution is 6.29. The summed E-state index contributed by atoms with van der Waals surface area (Å²) in [5, 5.41) is 13.5. The van der Waals surface area contributed by atoms with Gasteiger partial charge in [-0.05, 0) is 24.7 Å². The van der Waals surface area contributed by atoms with E-state index in [1.54, 1.807) is 6.07 Å². The highest BCUT2D eigenvalue weighted by atomic mass is 35.5. The summed E-state index contributed by atoms with van der Waals surface area (Å²) < 4.78 is 4.98. The molecular weight excluding hydrogens is 268 g/mol. The van der Waals surface area contributed by atoms with Crippen molar-refractivity contribution in [3.63, 3.8) is 0 Å². The highest BCUT2D eigenvalue weighted by Gasteiger charge is 2.41. The van der Waals surface area contributed by atoms with Crippen LogP contribution in [0.15, 0.2) is 10.6 Å². The number of rotatable bonds is 3. The SMILES string of the molecule is O=C(CCc1cc(Cl)no1)N1C[C@H]2CC(O)C[C@H]2C1. The maximum Gasteiger partial charge on any atom is 0.223 e. The van der Waals surface area contributed by atoms with Crippen LogP contribution in [-0.4, -0.2) is 40.3 Å². The summed E-state index contributed by atoms with van der Waals surface area (Å²) in [6.07, 6.45) is 2.47. The van der Waals surface area contributed by atoms with Gasteiger partial charge in [0.25, 0.3) is 0 Å². The second-order valence-electron chi connectivity index (χ2n) is 5.56. The molecule has 3 rings (SSSR count). The lowest BCUT2D eigenvalue weighted by atomic mass is 10.0. The van der Waals surface area contributed by atoms with Crippen molar-refractivity contribution in [3.8, 4) is 0 Å². The molecule has 1 aliphatic heterocycles. The number of aromatic nitrogens is 1. The first-order chi connectivity index (χ1) is 9.11. The predicted octanol–water partition coefficient (Wildman–Crippen LogP) is 1.49. The Bertz CT molecular complexity index is 462. The van der Waals surface area contributed by atoms with Crippen LogP contribution in [0.25, 0.3) is 0 Å². The third-order valence-electron chi connectivity index (χ3n) is 4.19. The van der Waals surface area contributed by atoms with E-state index in [9.17, 15) is 9.90 Å². The Kier molecular flexibility index (Phi) is 3.50. The molecule has 1 aromatic heterocycles. The third-order valence-corrected chi connectivity index (χ3v) is 4.37. The van der Waals surface area contributed by atoms with Gasteiger partial charge in [-0.1, -0.05) is 16.8 Å². The summed E-state index contributed by atoms with van der Waals surface area (Å²) in [7, 11) is 0. The van der Waals surface area contributed by atoms with Gasteiger partial charge in [-0.15, -0.1) is 0 Å². The first kappa shape index (κ1) is 12.9. The Labute approximate surface area is 116 Å². The minimum Gasteiger partial charge on any atom is -0.393 e. The molecule has 2 aliphatic rings. The van der Waals surface area contributed by atoms with Crippen LogP contribution < -0.4 is 0 Å². The Balaban J connectivity index is 1.49. The van der Waals surface area contributed by atoms with Gasteiger partial charge in [0.2, 0.25) is 5.91 Å². The molecule has 1 saturated heterocycles. The number of likely N-dealkylation sites (tertiary alicyclic amines) is 1. The van der Waals surface area contributed by atoms with Gasteiger partial charge in [-0.2, -0.15) is 0 Å². The van der Waals surface area contributed by atoms with Crippen molar-refractivity contribution in [1.82, 2.24) is 10.1 Å². The molecule has 3 atom stereocenters. The average Bonchev–Trinajstić information content (AvgIpc) is 3.00. The molecule has 6 heteroatoms. The molecule has 0 spiro atoms. The molecule has 2 fully saturated rings. The van der Waals surface area contributed by atoms with E-state index in [0.29, 0.717) is 35.6 Å². The van der Waals surface area contributed by atoms with Crippen LogP contribution in [0.2, 0.25) is 5.15 Å². The fourth-order valence-electron chi connectivity index (χ4n) is 3.27. The molecule has 0 bridgehead atoms. The standard InChI is InChI=1S/C13H17ClN2O3/c14-12-5-11(19-15-12)1-2-13(18)16-6-8-3-10(17)4-9(8)7-16/h5,8-10,17H,1-4,6-7H2/t8-,9+,10?. The van der Waals surface area contributed by atoms with E-state index >= 15 is 0 Å². The van der Waals surface area contributed by atoms with Crippen LogP contribution in [0.4, 0.5) is 0 Å². The highest BCUT2D eigenvalue weighted by Crippen LogP contribution is 2.38. The first-order valence-electron chi connectivity index (χ1n) is 6.68. The van der Waals surface area contributed by atoms with Crippen LogP contribution in [0.1, 0.15) is 25.0 Å². The number of hydrogen-bond donors (Lipinski definition) is 1. The van der Waals surface area contributed by atoms with Crippen molar-refractivity contribution in [2.24, 2.45) is 11.8 Å². The van der Waals surface area contributed by atoms with E-state index < -0.39 is 0 Å². The number of aryl methyl sites for hydroxylation is 1. The summed E-state index contributed by atoms with van der Waals surface area (Å²) in [5.41, 5.74) is 0. The minimum absolute atomic E-state index is 0.149. The number of hydrogen-bond acceptors (Lipinski definition) is 4. The van der Waals surface area contributed by atoms with Gasteiger partial charge in [0.05, 0.1) is 6.10 Å². The molecular formula is C13H17ClN2O3. The molecule has 1 aliphatic carbocycles. The van der Waals surface area contributed by atoms with Gasteiger partial charge in [0, 0.05) is 32.0 Å². The van der Waals surface area contributed by atoms with Gasteiger partial charge >= 0.3 is 0 Å². The normalized spacial score (nSPS) is 29.8. The summed E-state index contributed by atoms with van der Waals surface area (Å²) in [4.78, 5) is 14.0. The van der Waals surface area contributed by atoms with E-state index in [0.717, 1.165) is 25.9 Å². The summed E-state index contributed by atoms with van der Waals surface area (Å²) in [5.74, 6) is 1.77. The third kappa shape index (κ3) is 2.77. The first-order valence-corrected chi connectivity index (χ1v) is 7.06. The molecule has 2 heterocycles. The van der Waals surface area contributed by atoms with Gasteiger partial charge in [0.15, 0.2) is 5.15 Å². The molecule has 0 aromatic carbocycles. The molecule has 1 saturated carbocycles. The van der Waals surface area contributed by atoms with Crippen molar-refractivity contribution >= 4 is 17.5 Å². The summed E-state index contributed by atoms with van der Waals surface area (Å²) in [6.45, 7) is 1.58. The van der Waals surface area contributed by atoms with Gasteiger partial charge in [-0.3, -0.25) is 4.79 Å². The molecule has 1 amide bonds. The van der Waals surface area contributed by atoms with E-state index in [2.05, 4.69) is 5.16 Å². The molecule has 1 N–H and O–H groups in total. The van der Waals surface area contributed by atoms with Crippen molar-refractivity contribution in [2.75, 3.05) is 13.1 Å². The fraction of sp³-hybridized carbons (Fsp3) is 0.692. The average molecular weight is 285 g/mol. The molecule has 19 heavy (non-hydrogen) atoms. The molecule has 104 valence electrons. The van der Waals surface area contributed by atoms with E-state index in [1.807, 2.05) is 4.90 Å². The fourth-order valence-corrected chi connectivity index (χ4v) is 3.42. The topological polar surface area (TPSA) is 66.6 Å². The smallest absolute Gasteiger partial charge is 0.223 e. The summed E-state index contributed by atoms with van der Waals surface area (Å²) >= 11 is 5.66. The number of carbonyl (C=O) groups is 1. The van der Waals surface area contributed by atoms with Crippen molar-refractivity contribution in [2.45, 2.75) is 31.8 Å². The lowest BCUT2D eigenvalue weighted by molar-refractivity contribution is -0.130. The maximum absolute atomic E-state index is 12.1. The van der Waals surface area contributed by atoms with Gasteiger partial charge < -0.3 is 14.5 Å². The number of carbonyl (C=O) groups excluding carboxylic acids is 1. The lowest BCUT2D eigenvalue weighted by Crippen LogP contribution is -2.30. The minimum atomic E-state index is -0.163. The number of halogens is 1. The zero-order valence-electron chi connectivity index (χ0n) is 10.6. The second kappa shape index (κ2) is 5.13. The number of amides is 1. The van der Waals surface area contributed by atoms with Crippen molar-refractivity contribution in [1.29, 1.82) is 0 Å². The zero-order valence-corrected chi connectivity index (χ0v) is 11.3. The van der Waals surface area contributed by atoms with Crippen LogP contribution in [0.3, 0.4) is 0 Å². The predicted molar refractivity (Wildman–Crippen MR) is 68.6 cm³/mol. The van der Waals surface area contributed by atoms with Crippen LogP contribution >= 0.6 is 11.6 Å². The molecule has 1 aromatic rings. The van der Waals surface area contributed by atoms with Crippen molar-refractivity contribution < 1.29 is 14.4 Å². The van der Waals surface area contributed by atoms with Crippen LogP contribution in [0, 0.1) is 11.8 Å². The molecule has 1 unspecified atom stereocenters. The maximum atomic E-state index is 12.1. The quantitative estimate of drug-likeness (QED) is 0.913. The second-order valence-corrected chi connectivity index (χ2v) is 5.95. The van der Waals surface area contributed by atoms with Crippen molar-refractivity contribution in [3.05, 3.63) is 17.0 Å². The monoisotopic (exact) mass is 284 g/mol. The number of fused-ring (bicyclic) bond motifs is 1. The Morgan fingerprint density at radius 2 is 2.16 bits per heavy atom. The molecule has 0 radical (unpaired) electrons. The van der Waals surface area contributed by atoms with Crippen LogP contribution in [0.5, 0.6) is 0 Å². The zero-order chi connectivity index (χ0) is 13.4. The molecule has 5 nitrogen and oxygen atoms in total. The van der Waals surface area contributed by atoms with Gasteiger partial charge in [0.1, 0.15) is 5.76 Å². The Hall–Kier alpha value is -1.07. The van der Waals surface area contributed by atoms with E-state index in [-0.39, 0.29) is 12.0 Å². The number of aliphatic hydroxyl groups excluding tert-OH is 1. The Morgan fingerprint density at radius 1 is 1.47 bits per heavy atom. The number of nitrogens with zero attached hydrogens (tertiary/aromatic N) is 2. The summed E-state index contributed by atoms with van der Waals surface area (Å²) in [6, 6.07) is 1.64. The van der Waals surface area contributed by atoms with E-state index in [1.165, 1.54) is 0 Å². The lowest BCUT2D eigenvalue weighted by Gasteiger charge is -2.17. The van der Waals surface area contributed by atoms with E-state index in [4.69, 9.17) is 16.1 Å².